The molecule has 4 nitrogen and oxygen atoms in total. The van der Waals surface area contributed by atoms with E-state index < -0.39 is 10.8 Å². The maximum atomic E-state index is 12.1. The van der Waals surface area contributed by atoms with Gasteiger partial charge in [0.25, 0.3) is 0 Å². The second-order valence-corrected chi connectivity index (χ2v) is 6.01. The van der Waals surface area contributed by atoms with E-state index in [2.05, 4.69) is 5.16 Å². The van der Waals surface area contributed by atoms with E-state index in [1.807, 2.05) is 0 Å². The lowest BCUT2D eigenvalue weighted by Gasteiger charge is -2.08. The molecule has 0 fully saturated rings. The van der Waals surface area contributed by atoms with Crippen LogP contribution < -0.4 is 4.74 Å². The van der Waals surface area contributed by atoms with Crippen molar-refractivity contribution in [1.29, 1.82) is 0 Å². The van der Waals surface area contributed by atoms with Crippen molar-refractivity contribution < 1.29 is 13.5 Å². The first-order chi connectivity index (χ1) is 9.08. The largest absolute Gasteiger partial charge is 0.496 e. The van der Waals surface area contributed by atoms with Crippen molar-refractivity contribution in [3.63, 3.8) is 0 Å². The van der Waals surface area contributed by atoms with Crippen LogP contribution in [-0.4, -0.2) is 16.5 Å². The number of methoxy groups -OCH3 is 1. The summed E-state index contributed by atoms with van der Waals surface area (Å²) in [4.78, 5) is 0. The van der Waals surface area contributed by atoms with Crippen LogP contribution in [0.2, 0.25) is 5.02 Å². The van der Waals surface area contributed by atoms with Gasteiger partial charge in [0, 0.05) is 27.5 Å². The topological polar surface area (TPSA) is 52.3 Å². The van der Waals surface area contributed by atoms with Crippen molar-refractivity contribution in [3.8, 4) is 5.75 Å². The van der Waals surface area contributed by atoms with Gasteiger partial charge >= 0.3 is 0 Å². The molecule has 0 aliphatic carbocycles. The van der Waals surface area contributed by atoms with E-state index in [-0.39, 0.29) is 0 Å². The van der Waals surface area contributed by atoms with Gasteiger partial charge in [-0.15, -0.1) is 0 Å². The van der Waals surface area contributed by atoms with Gasteiger partial charge in [0.15, 0.2) is 0 Å². The third-order valence-corrected chi connectivity index (χ3v) is 4.03. The van der Waals surface area contributed by atoms with Crippen LogP contribution in [0.4, 0.5) is 0 Å². The number of hydrogen-bond donors (Lipinski definition) is 0. The lowest BCUT2D eigenvalue weighted by atomic mass is 10.2. The number of rotatable bonds is 5. The molecule has 2 aromatic rings. The van der Waals surface area contributed by atoms with Crippen molar-refractivity contribution in [1.82, 2.24) is 5.16 Å². The summed E-state index contributed by atoms with van der Waals surface area (Å²) >= 11 is 5.94. The minimum atomic E-state index is -1.09. The van der Waals surface area contributed by atoms with Crippen molar-refractivity contribution >= 4 is 22.4 Å². The molecule has 0 radical (unpaired) electrons. The smallest absolute Gasteiger partial charge is 0.133 e. The molecular formula is C13H14ClNO3S. The predicted octanol–water partition coefficient (Wildman–Crippen LogP) is 3.09. The van der Waals surface area contributed by atoms with Gasteiger partial charge in [-0.2, -0.15) is 0 Å². The molecule has 0 saturated heterocycles. The SMILES string of the molecule is COc1ccc(Cl)cc1CS(=O)Cc1cc(C)on1. The van der Waals surface area contributed by atoms with Gasteiger partial charge in [-0.05, 0) is 25.1 Å². The maximum Gasteiger partial charge on any atom is 0.133 e. The summed E-state index contributed by atoms with van der Waals surface area (Å²) in [7, 11) is 0.490. The van der Waals surface area contributed by atoms with Gasteiger partial charge in [-0.25, -0.2) is 0 Å². The molecule has 102 valence electrons. The highest BCUT2D eigenvalue weighted by molar-refractivity contribution is 7.83. The second-order valence-electron chi connectivity index (χ2n) is 4.11. The highest BCUT2D eigenvalue weighted by Crippen LogP contribution is 2.24. The molecule has 0 saturated carbocycles. The second kappa shape index (κ2) is 6.21. The number of hydrogen-bond acceptors (Lipinski definition) is 4. The van der Waals surface area contributed by atoms with Crippen LogP contribution in [0, 0.1) is 6.92 Å². The van der Waals surface area contributed by atoms with Crippen LogP contribution >= 0.6 is 11.6 Å². The zero-order chi connectivity index (χ0) is 13.8. The summed E-state index contributed by atoms with van der Waals surface area (Å²) in [5.74, 6) is 2.13. The van der Waals surface area contributed by atoms with Crippen LogP contribution in [0.5, 0.6) is 5.75 Å². The molecule has 0 spiro atoms. The van der Waals surface area contributed by atoms with Gasteiger partial charge in [0.2, 0.25) is 0 Å². The van der Waals surface area contributed by atoms with Crippen molar-refractivity contribution in [2.45, 2.75) is 18.4 Å². The van der Waals surface area contributed by atoms with E-state index in [1.54, 1.807) is 38.3 Å². The Balaban J connectivity index is 2.08. The minimum absolute atomic E-state index is 0.354. The number of halogens is 1. The molecule has 0 aliphatic heterocycles. The molecule has 6 heteroatoms. The summed E-state index contributed by atoms with van der Waals surface area (Å²) in [6.45, 7) is 1.80. The molecule has 1 aromatic heterocycles. The number of nitrogens with zero attached hydrogens (tertiary/aromatic N) is 1. The molecule has 0 bridgehead atoms. The Labute approximate surface area is 119 Å². The Morgan fingerprint density at radius 2 is 2.16 bits per heavy atom. The van der Waals surface area contributed by atoms with E-state index in [0.29, 0.717) is 33.7 Å². The summed E-state index contributed by atoms with van der Waals surface area (Å²) in [6.07, 6.45) is 0. The predicted molar refractivity (Wildman–Crippen MR) is 74.8 cm³/mol. The molecule has 1 aromatic carbocycles. The minimum Gasteiger partial charge on any atom is -0.496 e. The Hall–Kier alpha value is -1.33. The average molecular weight is 300 g/mol. The lowest BCUT2D eigenvalue weighted by Crippen LogP contribution is -2.01. The summed E-state index contributed by atoms with van der Waals surface area (Å²) in [6, 6.07) is 7.07. The normalized spacial score (nSPS) is 12.4. The zero-order valence-corrected chi connectivity index (χ0v) is 12.3. The third kappa shape index (κ3) is 3.81. The molecule has 1 heterocycles. The number of aromatic nitrogens is 1. The van der Waals surface area contributed by atoms with Crippen molar-refractivity contribution in [2.75, 3.05) is 7.11 Å². The third-order valence-electron chi connectivity index (χ3n) is 2.54. The van der Waals surface area contributed by atoms with Crippen LogP contribution in [0.1, 0.15) is 17.0 Å². The Bertz CT molecular complexity index is 597. The fourth-order valence-corrected chi connectivity index (χ4v) is 3.07. The summed E-state index contributed by atoms with van der Waals surface area (Å²) in [5.41, 5.74) is 1.52. The number of ether oxygens (including phenoxy) is 1. The van der Waals surface area contributed by atoms with Crippen molar-refractivity contribution in [2.24, 2.45) is 0 Å². The quantitative estimate of drug-likeness (QED) is 0.851. The fourth-order valence-electron chi connectivity index (χ4n) is 1.74. The van der Waals surface area contributed by atoms with Gasteiger partial charge in [-0.3, -0.25) is 4.21 Å². The Kier molecular flexibility index (Phi) is 4.61. The van der Waals surface area contributed by atoms with Crippen LogP contribution in [0.25, 0.3) is 0 Å². The molecule has 2 rings (SSSR count). The highest BCUT2D eigenvalue weighted by atomic mass is 35.5. The maximum absolute atomic E-state index is 12.1. The first-order valence-electron chi connectivity index (χ1n) is 5.68. The van der Waals surface area contributed by atoms with Crippen molar-refractivity contribution in [3.05, 3.63) is 46.3 Å². The van der Waals surface area contributed by atoms with Gasteiger partial charge in [0.05, 0.1) is 24.3 Å². The Morgan fingerprint density at radius 1 is 1.37 bits per heavy atom. The first-order valence-corrected chi connectivity index (χ1v) is 7.54. The fraction of sp³-hybridized carbons (Fsp3) is 0.308. The standard InChI is InChI=1S/C13H14ClNO3S/c1-9-5-12(15-18-9)8-19(16)7-10-6-11(14)3-4-13(10)17-2/h3-6H,7-8H2,1-2H3. The molecular weight excluding hydrogens is 286 g/mol. The molecule has 1 unspecified atom stereocenters. The highest BCUT2D eigenvalue weighted by Gasteiger charge is 2.11. The number of benzene rings is 1. The van der Waals surface area contributed by atoms with Crippen LogP contribution in [-0.2, 0) is 22.3 Å². The van der Waals surface area contributed by atoms with Crippen LogP contribution in [0.3, 0.4) is 0 Å². The van der Waals surface area contributed by atoms with E-state index in [1.165, 1.54) is 0 Å². The zero-order valence-electron chi connectivity index (χ0n) is 10.7. The van der Waals surface area contributed by atoms with Gasteiger partial charge in [-0.1, -0.05) is 16.8 Å². The lowest BCUT2D eigenvalue weighted by molar-refractivity contribution is 0.392. The molecule has 19 heavy (non-hydrogen) atoms. The molecule has 0 aliphatic rings. The number of aryl methyl sites for hydroxylation is 1. The van der Waals surface area contributed by atoms with E-state index >= 15 is 0 Å². The molecule has 1 atom stereocenters. The van der Waals surface area contributed by atoms with Crippen LogP contribution in [0.15, 0.2) is 28.8 Å². The average Bonchev–Trinajstić information content (AvgIpc) is 2.75. The van der Waals surface area contributed by atoms with E-state index in [9.17, 15) is 4.21 Å². The van der Waals surface area contributed by atoms with Gasteiger partial charge in [0.1, 0.15) is 11.5 Å². The molecule has 0 amide bonds. The summed E-state index contributed by atoms with van der Waals surface area (Å²) in [5, 5.41) is 4.43. The summed E-state index contributed by atoms with van der Waals surface area (Å²) < 4.78 is 22.3. The van der Waals surface area contributed by atoms with E-state index in [0.717, 1.165) is 5.56 Å². The van der Waals surface area contributed by atoms with Gasteiger partial charge < -0.3 is 9.26 Å². The Morgan fingerprint density at radius 3 is 2.79 bits per heavy atom. The first kappa shape index (κ1) is 14.1. The molecule has 0 N–H and O–H groups in total. The monoisotopic (exact) mass is 299 g/mol. The van der Waals surface area contributed by atoms with E-state index in [4.69, 9.17) is 20.9 Å².